The van der Waals surface area contributed by atoms with E-state index in [-0.39, 0.29) is 5.41 Å². The molecule has 0 aromatic heterocycles. The summed E-state index contributed by atoms with van der Waals surface area (Å²) in [7, 11) is 0. The Kier molecular flexibility index (Phi) is 2.89. The van der Waals surface area contributed by atoms with E-state index in [0.29, 0.717) is 11.9 Å². The van der Waals surface area contributed by atoms with Crippen LogP contribution in [0, 0.1) is 11.3 Å². The predicted molar refractivity (Wildman–Crippen MR) is 67.7 cm³/mol. The third-order valence-corrected chi connectivity index (χ3v) is 5.18. The molecule has 3 nitrogen and oxygen atoms in total. The van der Waals surface area contributed by atoms with Crippen molar-refractivity contribution < 1.29 is 4.79 Å². The molecule has 3 aliphatic rings. The number of likely N-dealkylation sites (tertiary alicyclic amines) is 1. The first kappa shape index (κ1) is 11.5. The summed E-state index contributed by atoms with van der Waals surface area (Å²) in [6.45, 7) is 5.34. The minimum Gasteiger partial charge on any atom is -0.338 e. The predicted octanol–water partition coefficient (Wildman–Crippen LogP) is 1.78. The summed E-state index contributed by atoms with van der Waals surface area (Å²) in [6, 6.07) is 0.501. The maximum Gasteiger partial charge on any atom is 0.228 e. The summed E-state index contributed by atoms with van der Waals surface area (Å²) in [5.41, 5.74) is -0.0459. The number of hydrogen-bond acceptors (Lipinski definition) is 2. The molecule has 0 unspecified atom stereocenters. The molecule has 0 bridgehead atoms. The van der Waals surface area contributed by atoms with Crippen LogP contribution in [-0.2, 0) is 4.79 Å². The summed E-state index contributed by atoms with van der Waals surface area (Å²) in [5, 5.41) is 3.43. The fourth-order valence-corrected chi connectivity index (χ4v) is 3.99. The van der Waals surface area contributed by atoms with Crippen molar-refractivity contribution in [3.8, 4) is 0 Å². The van der Waals surface area contributed by atoms with Crippen molar-refractivity contribution in [2.45, 2.75) is 51.5 Å². The van der Waals surface area contributed by atoms with Crippen LogP contribution in [0.4, 0.5) is 0 Å². The van der Waals surface area contributed by atoms with Gasteiger partial charge in [-0.05, 0) is 25.2 Å². The Hall–Kier alpha value is -0.570. The molecule has 17 heavy (non-hydrogen) atoms. The lowest BCUT2D eigenvalue weighted by Gasteiger charge is -2.37. The molecule has 2 aliphatic heterocycles. The molecule has 1 N–H and O–H groups in total. The number of nitrogens with one attached hydrogen (secondary N) is 1. The highest BCUT2D eigenvalue weighted by atomic mass is 16.2. The van der Waals surface area contributed by atoms with E-state index in [1.807, 2.05) is 0 Å². The fourth-order valence-electron chi connectivity index (χ4n) is 3.99. The summed E-state index contributed by atoms with van der Waals surface area (Å²) < 4.78 is 0. The summed E-state index contributed by atoms with van der Waals surface area (Å²) in [4.78, 5) is 15.0. The number of rotatable bonds is 1. The molecule has 3 fully saturated rings. The number of hydrogen-bond donors (Lipinski definition) is 1. The average molecular weight is 236 g/mol. The molecule has 1 aliphatic carbocycles. The smallest absolute Gasteiger partial charge is 0.228 e. The van der Waals surface area contributed by atoms with Gasteiger partial charge < -0.3 is 10.2 Å². The van der Waals surface area contributed by atoms with Crippen molar-refractivity contribution in [2.75, 3.05) is 19.6 Å². The van der Waals surface area contributed by atoms with Gasteiger partial charge in [-0.3, -0.25) is 4.79 Å². The van der Waals surface area contributed by atoms with Crippen molar-refractivity contribution in [1.82, 2.24) is 10.2 Å². The van der Waals surface area contributed by atoms with Crippen LogP contribution in [0.5, 0.6) is 0 Å². The lowest BCUT2D eigenvalue weighted by atomic mass is 9.74. The van der Waals surface area contributed by atoms with Gasteiger partial charge in [0, 0.05) is 31.1 Å². The Morgan fingerprint density at radius 2 is 2.00 bits per heavy atom. The number of fused-ring (bicyclic) bond motifs is 1. The third-order valence-electron chi connectivity index (χ3n) is 5.18. The maximum atomic E-state index is 12.8. The monoisotopic (exact) mass is 236 g/mol. The van der Waals surface area contributed by atoms with Gasteiger partial charge in [0.1, 0.15) is 0 Å². The van der Waals surface area contributed by atoms with Gasteiger partial charge in [0.25, 0.3) is 0 Å². The van der Waals surface area contributed by atoms with Gasteiger partial charge in [-0.2, -0.15) is 0 Å². The largest absolute Gasteiger partial charge is 0.338 e. The fraction of sp³-hybridized carbons (Fsp3) is 0.929. The van der Waals surface area contributed by atoms with Crippen LogP contribution < -0.4 is 5.32 Å². The minimum absolute atomic E-state index is 0.0459. The summed E-state index contributed by atoms with van der Waals surface area (Å²) in [5.74, 6) is 1.18. The molecule has 0 aromatic rings. The molecule has 2 saturated heterocycles. The second-order valence-electron chi connectivity index (χ2n) is 6.39. The molecule has 3 heteroatoms. The van der Waals surface area contributed by atoms with Gasteiger partial charge in [0.05, 0.1) is 0 Å². The quantitative estimate of drug-likeness (QED) is 0.752. The second-order valence-corrected chi connectivity index (χ2v) is 6.39. The summed E-state index contributed by atoms with van der Waals surface area (Å²) in [6.07, 6.45) is 7.21. The Labute approximate surface area is 104 Å². The molecule has 3 rings (SSSR count). The van der Waals surface area contributed by atoms with Gasteiger partial charge in [0.15, 0.2) is 0 Å². The van der Waals surface area contributed by atoms with E-state index in [4.69, 9.17) is 0 Å². The molecule has 2 atom stereocenters. The molecule has 96 valence electrons. The molecule has 1 saturated carbocycles. The minimum atomic E-state index is -0.0459. The first-order valence-corrected chi connectivity index (χ1v) is 7.22. The van der Waals surface area contributed by atoms with Crippen LogP contribution in [0.1, 0.15) is 45.4 Å². The SMILES string of the molecule is CC1(C(=O)N2CC[C@H]3CNC[C@H]32)CCCCC1. The van der Waals surface area contributed by atoms with E-state index in [9.17, 15) is 4.79 Å². The van der Waals surface area contributed by atoms with Gasteiger partial charge in [-0.1, -0.05) is 26.2 Å². The highest BCUT2D eigenvalue weighted by Crippen LogP contribution is 2.40. The van der Waals surface area contributed by atoms with Crippen LogP contribution in [0.3, 0.4) is 0 Å². The zero-order chi connectivity index (χ0) is 11.9. The maximum absolute atomic E-state index is 12.8. The molecular weight excluding hydrogens is 212 g/mol. The highest BCUT2D eigenvalue weighted by molar-refractivity contribution is 5.83. The lowest BCUT2D eigenvalue weighted by Crippen LogP contribution is -2.47. The van der Waals surface area contributed by atoms with Gasteiger partial charge >= 0.3 is 0 Å². The van der Waals surface area contributed by atoms with Crippen molar-refractivity contribution in [2.24, 2.45) is 11.3 Å². The van der Waals surface area contributed by atoms with E-state index >= 15 is 0 Å². The van der Waals surface area contributed by atoms with Crippen LogP contribution in [-0.4, -0.2) is 36.5 Å². The first-order chi connectivity index (χ1) is 8.21. The standard InChI is InChI=1S/C14H24N2O/c1-14(6-3-2-4-7-14)13(17)16-8-5-11-9-15-10-12(11)16/h11-12,15H,2-10H2,1H3/t11-,12+/m0/s1. The Bertz CT molecular complexity index is 309. The van der Waals surface area contributed by atoms with Crippen LogP contribution >= 0.6 is 0 Å². The van der Waals surface area contributed by atoms with Gasteiger partial charge in [-0.25, -0.2) is 0 Å². The van der Waals surface area contributed by atoms with E-state index in [1.165, 1.54) is 25.7 Å². The molecule has 2 heterocycles. The van der Waals surface area contributed by atoms with Crippen LogP contribution in [0.25, 0.3) is 0 Å². The average Bonchev–Trinajstić information content (AvgIpc) is 2.90. The third kappa shape index (κ3) is 1.88. The second kappa shape index (κ2) is 4.27. The van der Waals surface area contributed by atoms with E-state index in [1.54, 1.807) is 0 Å². The number of carbonyl (C=O) groups excluding carboxylic acids is 1. The zero-order valence-corrected chi connectivity index (χ0v) is 10.9. The van der Waals surface area contributed by atoms with Crippen molar-refractivity contribution >= 4 is 5.91 Å². The van der Waals surface area contributed by atoms with Crippen LogP contribution in [0.2, 0.25) is 0 Å². The molecule has 0 spiro atoms. The lowest BCUT2D eigenvalue weighted by molar-refractivity contribution is -0.143. The van der Waals surface area contributed by atoms with E-state index < -0.39 is 0 Å². The molecule has 1 amide bonds. The Balaban J connectivity index is 1.73. The first-order valence-electron chi connectivity index (χ1n) is 7.22. The van der Waals surface area contributed by atoms with Gasteiger partial charge in [-0.15, -0.1) is 0 Å². The van der Waals surface area contributed by atoms with Crippen molar-refractivity contribution in [3.05, 3.63) is 0 Å². The zero-order valence-electron chi connectivity index (χ0n) is 10.9. The van der Waals surface area contributed by atoms with E-state index in [2.05, 4.69) is 17.1 Å². The highest BCUT2D eigenvalue weighted by Gasteiger charge is 2.45. The molecule has 0 aromatic carbocycles. The Morgan fingerprint density at radius 3 is 2.76 bits per heavy atom. The Morgan fingerprint density at radius 1 is 1.24 bits per heavy atom. The number of nitrogens with zero attached hydrogens (tertiary/aromatic N) is 1. The normalized spacial score (nSPS) is 35.9. The summed E-state index contributed by atoms with van der Waals surface area (Å²) >= 11 is 0. The van der Waals surface area contributed by atoms with Crippen molar-refractivity contribution in [1.29, 1.82) is 0 Å². The molecule has 0 radical (unpaired) electrons. The van der Waals surface area contributed by atoms with Gasteiger partial charge in [0.2, 0.25) is 5.91 Å². The molecular formula is C14H24N2O. The van der Waals surface area contributed by atoms with Crippen molar-refractivity contribution in [3.63, 3.8) is 0 Å². The topological polar surface area (TPSA) is 32.3 Å². The number of carbonyl (C=O) groups is 1. The van der Waals surface area contributed by atoms with Crippen LogP contribution in [0.15, 0.2) is 0 Å². The number of amides is 1. The van der Waals surface area contributed by atoms with E-state index in [0.717, 1.165) is 38.4 Å².